The zero-order chi connectivity index (χ0) is 18.9. The summed E-state index contributed by atoms with van der Waals surface area (Å²) in [6.07, 6.45) is 6.41. The third-order valence-electron chi connectivity index (χ3n) is 6.39. The second-order valence-electron chi connectivity index (χ2n) is 8.02. The molecule has 5 rings (SSSR count). The Morgan fingerprint density at radius 2 is 1.46 bits per heavy atom. The molecular formula is C25H26N3+. The van der Waals surface area contributed by atoms with Crippen molar-refractivity contribution in [3.8, 4) is 0 Å². The number of hydrogen-bond acceptors (Lipinski definition) is 1. The van der Waals surface area contributed by atoms with E-state index in [1.54, 1.807) is 5.84 Å². The van der Waals surface area contributed by atoms with Crippen LogP contribution in [0.3, 0.4) is 0 Å². The summed E-state index contributed by atoms with van der Waals surface area (Å²) < 4.78 is 2.63. The van der Waals surface area contributed by atoms with Gasteiger partial charge in [0.25, 0.3) is 0 Å². The molecule has 1 fully saturated rings. The van der Waals surface area contributed by atoms with Crippen LogP contribution in [0.4, 0.5) is 5.69 Å². The van der Waals surface area contributed by atoms with E-state index in [0.717, 1.165) is 29.5 Å². The summed E-state index contributed by atoms with van der Waals surface area (Å²) in [7, 11) is 0. The first-order valence-corrected chi connectivity index (χ1v) is 10.5. The lowest BCUT2D eigenvalue weighted by molar-refractivity contribution is -0.554. The summed E-state index contributed by atoms with van der Waals surface area (Å²) in [6, 6.07) is 16.9. The molecule has 0 spiro atoms. The molecule has 0 unspecified atom stereocenters. The third-order valence-corrected chi connectivity index (χ3v) is 6.39. The zero-order valence-corrected chi connectivity index (χ0v) is 16.3. The molecule has 3 nitrogen and oxygen atoms in total. The van der Waals surface area contributed by atoms with Crippen LogP contribution in [0.5, 0.6) is 0 Å². The Labute approximate surface area is 166 Å². The lowest BCUT2D eigenvalue weighted by atomic mass is 9.94. The molecule has 3 heteroatoms. The van der Waals surface area contributed by atoms with Crippen molar-refractivity contribution in [2.24, 2.45) is 0 Å². The molecule has 0 aromatic heterocycles. The normalized spacial score (nSPS) is 17.5. The summed E-state index contributed by atoms with van der Waals surface area (Å²) in [4.78, 5) is 6.55. The van der Waals surface area contributed by atoms with Crippen LogP contribution in [0.2, 0.25) is 0 Å². The van der Waals surface area contributed by atoms with Gasteiger partial charge in [0.2, 0.25) is 11.5 Å². The van der Waals surface area contributed by atoms with Gasteiger partial charge in [0.05, 0.1) is 26.2 Å². The maximum Gasteiger partial charge on any atom is 0.247 e. The predicted molar refractivity (Wildman–Crippen MR) is 116 cm³/mol. The summed E-state index contributed by atoms with van der Waals surface area (Å²) in [5, 5.41) is 4.65. The highest BCUT2D eigenvalue weighted by molar-refractivity contribution is 6.13. The molecule has 0 radical (unpaired) electrons. The summed E-state index contributed by atoms with van der Waals surface area (Å²) in [5.74, 6) is 1.55. The minimum absolute atomic E-state index is 0.789. The van der Waals surface area contributed by atoms with Gasteiger partial charge in [0, 0.05) is 18.4 Å². The smallest absolute Gasteiger partial charge is 0.247 e. The maximum atomic E-state index is 7.78. The quantitative estimate of drug-likeness (QED) is 0.319. The minimum Gasteiger partial charge on any atom is -0.266 e. The van der Waals surface area contributed by atoms with Crippen molar-refractivity contribution in [1.29, 1.82) is 0 Å². The molecule has 3 aromatic carbocycles. The van der Waals surface area contributed by atoms with E-state index in [9.17, 15) is 0 Å². The van der Waals surface area contributed by atoms with Gasteiger partial charge in [-0.05, 0) is 40.8 Å². The van der Waals surface area contributed by atoms with Gasteiger partial charge in [0.1, 0.15) is 6.54 Å². The van der Waals surface area contributed by atoms with Gasteiger partial charge in [0.15, 0.2) is 0 Å². The van der Waals surface area contributed by atoms with Crippen LogP contribution in [0, 0.1) is 6.57 Å². The van der Waals surface area contributed by atoms with Gasteiger partial charge >= 0.3 is 0 Å². The molecular weight excluding hydrogens is 342 g/mol. The van der Waals surface area contributed by atoms with E-state index in [1.165, 1.54) is 61.5 Å². The van der Waals surface area contributed by atoms with Gasteiger partial charge in [-0.25, -0.2) is 4.85 Å². The second-order valence-corrected chi connectivity index (χ2v) is 8.02. The number of hydrogen-bond donors (Lipinski definition) is 0. The third kappa shape index (κ3) is 2.85. The van der Waals surface area contributed by atoms with E-state index in [-0.39, 0.29) is 0 Å². The zero-order valence-electron chi connectivity index (χ0n) is 16.3. The number of amidine groups is 1. The molecule has 0 aliphatic carbocycles. The molecule has 140 valence electrons. The highest BCUT2D eigenvalue weighted by Gasteiger charge is 2.29. The standard InChI is InChI=1S/C25H26N3/c1-26-25-21-12-6-4-10-19(21)23(20-11-5-7-13-22(20)25)18-28-17-9-16-27-15-8-2-3-14-24(27)28/h4-7,10-13H,2-3,8-9,14-18H2/q+1. The highest BCUT2D eigenvalue weighted by Crippen LogP contribution is 2.38. The molecule has 0 bridgehead atoms. The Balaban J connectivity index is 1.73. The molecule has 0 atom stereocenters. The van der Waals surface area contributed by atoms with Crippen molar-refractivity contribution < 1.29 is 4.58 Å². The minimum atomic E-state index is 0.789. The van der Waals surface area contributed by atoms with Crippen molar-refractivity contribution in [2.45, 2.75) is 38.6 Å². The van der Waals surface area contributed by atoms with Crippen LogP contribution in [0.1, 0.15) is 37.7 Å². The summed E-state index contributed by atoms with van der Waals surface area (Å²) in [6.45, 7) is 12.3. The average molecular weight is 369 g/mol. The Hall–Kier alpha value is -2.86. The highest BCUT2D eigenvalue weighted by atomic mass is 15.3. The molecule has 0 saturated carbocycles. The van der Waals surface area contributed by atoms with Crippen LogP contribution in [-0.4, -0.2) is 34.9 Å². The van der Waals surface area contributed by atoms with Crippen LogP contribution >= 0.6 is 0 Å². The second kappa shape index (κ2) is 7.28. The van der Waals surface area contributed by atoms with E-state index in [2.05, 4.69) is 62.9 Å². The van der Waals surface area contributed by atoms with Gasteiger partial charge in [-0.2, -0.15) is 0 Å². The molecule has 1 saturated heterocycles. The largest absolute Gasteiger partial charge is 0.266 e. The lowest BCUT2D eigenvalue weighted by Gasteiger charge is -2.26. The molecule has 2 aliphatic rings. The Morgan fingerprint density at radius 1 is 0.821 bits per heavy atom. The summed E-state index contributed by atoms with van der Waals surface area (Å²) >= 11 is 0. The number of nitrogens with zero attached hydrogens (tertiary/aromatic N) is 3. The number of rotatable bonds is 2. The van der Waals surface area contributed by atoms with E-state index in [1.807, 2.05) is 0 Å². The fourth-order valence-corrected chi connectivity index (χ4v) is 5.08. The molecule has 2 heterocycles. The van der Waals surface area contributed by atoms with Gasteiger partial charge in [-0.1, -0.05) is 48.5 Å². The van der Waals surface area contributed by atoms with Crippen LogP contribution < -0.4 is 0 Å². The van der Waals surface area contributed by atoms with Gasteiger partial charge in [-0.15, -0.1) is 0 Å². The fourth-order valence-electron chi connectivity index (χ4n) is 5.08. The lowest BCUT2D eigenvalue weighted by Crippen LogP contribution is -2.43. The van der Waals surface area contributed by atoms with E-state index in [0.29, 0.717) is 0 Å². The monoisotopic (exact) mass is 368 g/mol. The van der Waals surface area contributed by atoms with E-state index < -0.39 is 0 Å². The van der Waals surface area contributed by atoms with Crippen molar-refractivity contribution in [3.05, 3.63) is 65.5 Å². The molecule has 0 N–H and O–H groups in total. The van der Waals surface area contributed by atoms with Crippen molar-refractivity contribution in [1.82, 2.24) is 4.90 Å². The number of benzene rings is 3. The summed E-state index contributed by atoms with van der Waals surface area (Å²) in [5.41, 5.74) is 2.16. The molecule has 0 amide bonds. The van der Waals surface area contributed by atoms with Gasteiger partial charge < -0.3 is 0 Å². The van der Waals surface area contributed by atoms with Crippen LogP contribution in [0.25, 0.3) is 26.4 Å². The molecule has 28 heavy (non-hydrogen) atoms. The number of fused-ring (bicyclic) bond motifs is 3. The van der Waals surface area contributed by atoms with Crippen LogP contribution in [-0.2, 0) is 6.54 Å². The first-order chi connectivity index (χ1) is 13.9. The van der Waals surface area contributed by atoms with Gasteiger partial charge in [-0.3, -0.25) is 9.48 Å². The van der Waals surface area contributed by atoms with Crippen molar-refractivity contribution in [2.75, 3.05) is 19.6 Å². The van der Waals surface area contributed by atoms with Crippen LogP contribution in [0.15, 0.2) is 48.5 Å². The Bertz CT molecular complexity index is 1060. The Morgan fingerprint density at radius 3 is 2.14 bits per heavy atom. The van der Waals surface area contributed by atoms with E-state index in [4.69, 9.17) is 6.57 Å². The first kappa shape index (κ1) is 17.3. The maximum absolute atomic E-state index is 7.78. The van der Waals surface area contributed by atoms with E-state index >= 15 is 0 Å². The van der Waals surface area contributed by atoms with Crippen molar-refractivity contribution >= 4 is 33.1 Å². The topological polar surface area (TPSA) is 10.6 Å². The molecule has 3 aromatic rings. The Kier molecular flexibility index (Phi) is 4.49. The average Bonchev–Trinajstić information content (AvgIpc) is 3.00. The molecule has 2 aliphatic heterocycles. The van der Waals surface area contributed by atoms with Crippen molar-refractivity contribution in [3.63, 3.8) is 0 Å². The SMILES string of the molecule is [C-]#[N+]c1c2ccccc2c(C[N+]2=C3CCCCCN3CCC2)c2ccccc12. The first-order valence-electron chi connectivity index (χ1n) is 10.5. The predicted octanol–water partition coefficient (Wildman–Crippen LogP) is 5.73. The fraction of sp³-hybridized carbons (Fsp3) is 0.360.